The summed E-state index contributed by atoms with van der Waals surface area (Å²) in [4.78, 5) is 2.39. The SMILES string of the molecule is CCCOc1cccc(CN(C)CC2CCCN2)c1. The molecular formula is C16H26N2O. The normalized spacial score (nSPS) is 19.0. The molecule has 0 amide bonds. The minimum absolute atomic E-state index is 0.671. The molecule has 3 nitrogen and oxygen atoms in total. The Morgan fingerprint density at radius 2 is 2.32 bits per heavy atom. The monoisotopic (exact) mass is 262 g/mol. The van der Waals surface area contributed by atoms with Crippen molar-refractivity contribution in [2.45, 2.75) is 38.8 Å². The van der Waals surface area contributed by atoms with Gasteiger partial charge >= 0.3 is 0 Å². The van der Waals surface area contributed by atoms with Crippen LogP contribution in [0.4, 0.5) is 0 Å². The van der Waals surface area contributed by atoms with E-state index < -0.39 is 0 Å². The lowest BCUT2D eigenvalue weighted by molar-refractivity contribution is 0.291. The summed E-state index contributed by atoms with van der Waals surface area (Å²) in [6.07, 6.45) is 3.68. The maximum absolute atomic E-state index is 5.68. The lowest BCUT2D eigenvalue weighted by atomic mass is 10.1. The molecule has 1 fully saturated rings. The highest BCUT2D eigenvalue weighted by molar-refractivity contribution is 5.28. The Morgan fingerprint density at radius 3 is 3.05 bits per heavy atom. The average molecular weight is 262 g/mol. The molecule has 1 aliphatic heterocycles. The van der Waals surface area contributed by atoms with Crippen LogP contribution in [0, 0.1) is 0 Å². The molecule has 2 rings (SSSR count). The highest BCUT2D eigenvalue weighted by atomic mass is 16.5. The van der Waals surface area contributed by atoms with Gasteiger partial charge in [-0.3, -0.25) is 0 Å². The molecule has 1 atom stereocenters. The van der Waals surface area contributed by atoms with Gasteiger partial charge in [-0.15, -0.1) is 0 Å². The third-order valence-electron chi connectivity index (χ3n) is 3.52. The number of likely N-dealkylation sites (N-methyl/N-ethyl adjacent to an activating group) is 1. The highest BCUT2D eigenvalue weighted by Crippen LogP contribution is 2.15. The van der Waals surface area contributed by atoms with Crippen LogP contribution in [0.15, 0.2) is 24.3 Å². The molecule has 0 aliphatic carbocycles. The quantitative estimate of drug-likeness (QED) is 0.817. The van der Waals surface area contributed by atoms with Gasteiger partial charge in [0.2, 0.25) is 0 Å². The number of nitrogens with zero attached hydrogens (tertiary/aromatic N) is 1. The molecule has 19 heavy (non-hydrogen) atoms. The van der Waals surface area contributed by atoms with Crippen LogP contribution in [0.5, 0.6) is 5.75 Å². The van der Waals surface area contributed by atoms with E-state index in [4.69, 9.17) is 4.74 Å². The number of hydrogen-bond donors (Lipinski definition) is 1. The molecule has 1 aliphatic rings. The van der Waals surface area contributed by atoms with Gasteiger partial charge in [-0.1, -0.05) is 19.1 Å². The molecule has 1 unspecified atom stereocenters. The summed E-state index contributed by atoms with van der Waals surface area (Å²) in [5.41, 5.74) is 1.33. The van der Waals surface area contributed by atoms with Crippen LogP contribution < -0.4 is 10.1 Å². The van der Waals surface area contributed by atoms with Gasteiger partial charge in [0.15, 0.2) is 0 Å². The Hall–Kier alpha value is -1.06. The lowest BCUT2D eigenvalue weighted by Gasteiger charge is -2.21. The Kier molecular flexibility index (Phi) is 5.67. The Balaban J connectivity index is 1.83. The van der Waals surface area contributed by atoms with E-state index in [0.717, 1.165) is 31.9 Å². The predicted molar refractivity (Wildman–Crippen MR) is 79.6 cm³/mol. The van der Waals surface area contributed by atoms with Gasteiger partial charge in [0, 0.05) is 19.1 Å². The van der Waals surface area contributed by atoms with E-state index in [2.05, 4.69) is 42.4 Å². The van der Waals surface area contributed by atoms with Crippen LogP contribution in [-0.4, -0.2) is 37.7 Å². The number of rotatable bonds is 7. The summed E-state index contributed by atoms with van der Waals surface area (Å²) < 4.78 is 5.68. The minimum Gasteiger partial charge on any atom is -0.494 e. The largest absolute Gasteiger partial charge is 0.494 e. The topological polar surface area (TPSA) is 24.5 Å². The second-order valence-electron chi connectivity index (χ2n) is 5.49. The van der Waals surface area contributed by atoms with E-state index in [0.29, 0.717) is 6.04 Å². The van der Waals surface area contributed by atoms with E-state index in [1.165, 1.54) is 24.9 Å². The standard InChI is InChI=1S/C16H26N2O/c1-3-10-19-16-8-4-6-14(11-16)12-18(2)13-15-7-5-9-17-15/h4,6,8,11,15,17H,3,5,7,9-10,12-13H2,1-2H3. The smallest absolute Gasteiger partial charge is 0.119 e. The molecule has 0 radical (unpaired) electrons. The predicted octanol–water partition coefficient (Wildman–Crippen LogP) is 2.66. The molecule has 3 heteroatoms. The summed E-state index contributed by atoms with van der Waals surface area (Å²) >= 11 is 0. The molecule has 0 saturated carbocycles. The second-order valence-corrected chi connectivity index (χ2v) is 5.49. The average Bonchev–Trinajstić information content (AvgIpc) is 2.89. The summed E-state index contributed by atoms with van der Waals surface area (Å²) in [5.74, 6) is 0.992. The summed E-state index contributed by atoms with van der Waals surface area (Å²) in [6.45, 7) is 6.22. The van der Waals surface area contributed by atoms with E-state index in [-0.39, 0.29) is 0 Å². The van der Waals surface area contributed by atoms with Gasteiger partial charge < -0.3 is 15.0 Å². The molecular weight excluding hydrogens is 236 g/mol. The first-order valence-corrected chi connectivity index (χ1v) is 7.41. The van der Waals surface area contributed by atoms with Crippen molar-refractivity contribution in [2.24, 2.45) is 0 Å². The number of ether oxygens (including phenoxy) is 1. The first-order chi connectivity index (χ1) is 9.28. The minimum atomic E-state index is 0.671. The summed E-state index contributed by atoms with van der Waals surface area (Å²) in [7, 11) is 2.19. The van der Waals surface area contributed by atoms with Gasteiger partial charge in [-0.05, 0) is 50.6 Å². The molecule has 0 bridgehead atoms. The third kappa shape index (κ3) is 4.84. The first kappa shape index (κ1) is 14.4. The van der Waals surface area contributed by atoms with Gasteiger partial charge in [0.05, 0.1) is 6.61 Å². The zero-order valence-corrected chi connectivity index (χ0v) is 12.2. The van der Waals surface area contributed by atoms with E-state index in [1.807, 2.05) is 6.07 Å². The van der Waals surface area contributed by atoms with Crippen LogP contribution in [0.25, 0.3) is 0 Å². The van der Waals surface area contributed by atoms with E-state index in [1.54, 1.807) is 0 Å². The zero-order chi connectivity index (χ0) is 13.5. The van der Waals surface area contributed by atoms with Crippen LogP contribution in [0.2, 0.25) is 0 Å². The first-order valence-electron chi connectivity index (χ1n) is 7.41. The lowest BCUT2D eigenvalue weighted by Crippen LogP contribution is -2.34. The Morgan fingerprint density at radius 1 is 1.42 bits per heavy atom. The van der Waals surface area contributed by atoms with E-state index >= 15 is 0 Å². The Labute approximate surface area is 116 Å². The van der Waals surface area contributed by atoms with Crippen molar-refractivity contribution in [1.82, 2.24) is 10.2 Å². The molecule has 1 aromatic rings. The van der Waals surface area contributed by atoms with Crippen molar-refractivity contribution in [3.8, 4) is 5.75 Å². The summed E-state index contributed by atoms with van der Waals surface area (Å²) in [6, 6.07) is 9.13. The van der Waals surface area contributed by atoms with Crippen molar-refractivity contribution in [2.75, 3.05) is 26.7 Å². The molecule has 0 aromatic heterocycles. The van der Waals surface area contributed by atoms with Crippen LogP contribution in [-0.2, 0) is 6.54 Å². The molecule has 1 heterocycles. The highest BCUT2D eigenvalue weighted by Gasteiger charge is 2.15. The fourth-order valence-corrected chi connectivity index (χ4v) is 2.62. The fraction of sp³-hybridized carbons (Fsp3) is 0.625. The second kappa shape index (κ2) is 7.51. The third-order valence-corrected chi connectivity index (χ3v) is 3.52. The van der Waals surface area contributed by atoms with Crippen molar-refractivity contribution in [3.05, 3.63) is 29.8 Å². The number of nitrogens with one attached hydrogen (secondary N) is 1. The van der Waals surface area contributed by atoms with Crippen LogP contribution in [0.3, 0.4) is 0 Å². The fourth-order valence-electron chi connectivity index (χ4n) is 2.62. The molecule has 1 saturated heterocycles. The maximum Gasteiger partial charge on any atom is 0.119 e. The number of benzene rings is 1. The molecule has 1 N–H and O–H groups in total. The maximum atomic E-state index is 5.68. The van der Waals surface area contributed by atoms with Gasteiger partial charge in [0.1, 0.15) is 5.75 Å². The zero-order valence-electron chi connectivity index (χ0n) is 12.2. The molecule has 106 valence electrons. The van der Waals surface area contributed by atoms with Crippen LogP contribution in [0.1, 0.15) is 31.7 Å². The molecule has 0 spiro atoms. The van der Waals surface area contributed by atoms with Crippen molar-refractivity contribution in [3.63, 3.8) is 0 Å². The van der Waals surface area contributed by atoms with Crippen molar-refractivity contribution < 1.29 is 4.74 Å². The van der Waals surface area contributed by atoms with Crippen molar-refractivity contribution in [1.29, 1.82) is 0 Å². The van der Waals surface area contributed by atoms with Gasteiger partial charge in [-0.2, -0.15) is 0 Å². The molecule has 1 aromatic carbocycles. The summed E-state index contributed by atoms with van der Waals surface area (Å²) in [5, 5.41) is 3.55. The van der Waals surface area contributed by atoms with Crippen molar-refractivity contribution >= 4 is 0 Å². The van der Waals surface area contributed by atoms with Gasteiger partial charge in [0.25, 0.3) is 0 Å². The van der Waals surface area contributed by atoms with Gasteiger partial charge in [-0.25, -0.2) is 0 Å². The van der Waals surface area contributed by atoms with Crippen LogP contribution >= 0.6 is 0 Å². The van der Waals surface area contributed by atoms with E-state index in [9.17, 15) is 0 Å². The number of hydrogen-bond acceptors (Lipinski definition) is 3. The Bertz CT molecular complexity index is 375.